The Balaban J connectivity index is 2.20. The summed E-state index contributed by atoms with van der Waals surface area (Å²) < 4.78 is 0. The summed E-state index contributed by atoms with van der Waals surface area (Å²) in [6, 6.07) is 0.779. The highest BCUT2D eigenvalue weighted by molar-refractivity contribution is 4.82. The standard InChI is InChI=1S/C11H24N2/c1-4-12-11(8-9-13(2)3)10-6-5-7-10/h10-12H,4-9H2,1-3H3. The lowest BCUT2D eigenvalue weighted by atomic mass is 9.78. The summed E-state index contributed by atoms with van der Waals surface area (Å²) in [6.45, 7) is 4.55. The van der Waals surface area contributed by atoms with Gasteiger partial charge in [-0.3, -0.25) is 0 Å². The zero-order valence-electron chi connectivity index (χ0n) is 9.34. The third-order valence-corrected chi connectivity index (χ3v) is 3.07. The van der Waals surface area contributed by atoms with Crippen molar-refractivity contribution in [2.45, 2.75) is 38.6 Å². The van der Waals surface area contributed by atoms with E-state index in [-0.39, 0.29) is 0 Å². The Labute approximate surface area is 82.7 Å². The van der Waals surface area contributed by atoms with Gasteiger partial charge < -0.3 is 10.2 Å². The van der Waals surface area contributed by atoms with Crippen molar-refractivity contribution in [3.05, 3.63) is 0 Å². The minimum absolute atomic E-state index is 0.779. The molecule has 0 aromatic carbocycles. The van der Waals surface area contributed by atoms with E-state index in [1.807, 2.05) is 0 Å². The Hall–Kier alpha value is -0.0800. The van der Waals surface area contributed by atoms with Crippen LogP contribution in [-0.4, -0.2) is 38.1 Å². The molecule has 1 rings (SSSR count). The normalized spacial score (nSPS) is 20.3. The average molecular weight is 184 g/mol. The van der Waals surface area contributed by atoms with Crippen molar-refractivity contribution in [3.8, 4) is 0 Å². The van der Waals surface area contributed by atoms with Crippen LogP contribution in [0, 0.1) is 5.92 Å². The number of rotatable bonds is 6. The first-order chi connectivity index (χ1) is 6.24. The van der Waals surface area contributed by atoms with Crippen LogP contribution in [0.5, 0.6) is 0 Å². The molecule has 0 aromatic heterocycles. The van der Waals surface area contributed by atoms with E-state index in [0.29, 0.717) is 0 Å². The van der Waals surface area contributed by atoms with Gasteiger partial charge in [0.2, 0.25) is 0 Å². The topological polar surface area (TPSA) is 15.3 Å². The minimum Gasteiger partial charge on any atom is -0.314 e. The molecule has 0 spiro atoms. The highest BCUT2D eigenvalue weighted by Crippen LogP contribution is 2.30. The number of nitrogens with zero attached hydrogens (tertiary/aromatic N) is 1. The van der Waals surface area contributed by atoms with E-state index in [1.54, 1.807) is 0 Å². The SMILES string of the molecule is CCNC(CCN(C)C)C1CCC1. The molecule has 0 aliphatic heterocycles. The molecule has 0 radical (unpaired) electrons. The summed E-state index contributed by atoms with van der Waals surface area (Å²) in [5, 5.41) is 3.61. The van der Waals surface area contributed by atoms with Gasteiger partial charge in [0, 0.05) is 6.04 Å². The zero-order valence-corrected chi connectivity index (χ0v) is 9.34. The highest BCUT2D eigenvalue weighted by atomic mass is 15.1. The summed E-state index contributed by atoms with van der Waals surface area (Å²) in [5.41, 5.74) is 0. The second-order valence-corrected chi connectivity index (χ2v) is 4.45. The highest BCUT2D eigenvalue weighted by Gasteiger charge is 2.25. The van der Waals surface area contributed by atoms with E-state index in [4.69, 9.17) is 0 Å². The molecular formula is C11H24N2. The van der Waals surface area contributed by atoms with E-state index in [1.165, 1.54) is 32.2 Å². The van der Waals surface area contributed by atoms with Gasteiger partial charge in [0.1, 0.15) is 0 Å². The Morgan fingerprint density at radius 1 is 1.38 bits per heavy atom. The average Bonchev–Trinajstić information content (AvgIpc) is 1.97. The fraction of sp³-hybridized carbons (Fsp3) is 1.00. The molecule has 2 nitrogen and oxygen atoms in total. The van der Waals surface area contributed by atoms with E-state index >= 15 is 0 Å². The maximum absolute atomic E-state index is 3.61. The summed E-state index contributed by atoms with van der Waals surface area (Å²) in [7, 11) is 4.31. The first-order valence-corrected chi connectivity index (χ1v) is 5.62. The Kier molecular flexibility index (Phi) is 4.74. The van der Waals surface area contributed by atoms with Crippen LogP contribution in [0.4, 0.5) is 0 Å². The predicted molar refractivity (Wildman–Crippen MR) is 58.0 cm³/mol. The van der Waals surface area contributed by atoms with E-state index in [0.717, 1.165) is 18.5 Å². The van der Waals surface area contributed by atoms with Gasteiger partial charge in [-0.25, -0.2) is 0 Å². The van der Waals surface area contributed by atoms with Crippen molar-refractivity contribution in [3.63, 3.8) is 0 Å². The lowest BCUT2D eigenvalue weighted by Crippen LogP contribution is -2.41. The molecule has 1 atom stereocenters. The van der Waals surface area contributed by atoms with Crippen LogP contribution in [0.25, 0.3) is 0 Å². The molecule has 1 saturated carbocycles. The summed E-state index contributed by atoms with van der Waals surface area (Å²) >= 11 is 0. The van der Waals surface area contributed by atoms with Crippen molar-refractivity contribution >= 4 is 0 Å². The molecule has 0 saturated heterocycles. The second kappa shape index (κ2) is 5.61. The van der Waals surface area contributed by atoms with Crippen LogP contribution in [0.2, 0.25) is 0 Å². The molecule has 0 bridgehead atoms. The van der Waals surface area contributed by atoms with E-state index in [2.05, 4.69) is 31.2 Å². The molecular weight excluding hydrogens is 160 g/mol. The van der Waals surface area contributed by atoms with Gasteiger partial charge in [-0.15, -0.1) is 0 Å². The first kappa shape index (κ1) is 11.0. The molecule has 1 fully saturated rings. The summed E-state index contributed by atoms with van der Waals surface area (Å²) in [4.78, 5) is 2.28. The van der Waals surface area contributed by atoms with Gasteiger partial charge in [-0.05, 0) is 52.4 Å². The van der Waals surface area contributed by atoms with Crippen molar-refractivity contribution < 1.29 is 0 Å². The monoisotopic (exact) mass is 184 g/mol. The first-order valence-electron chi connectivity index (χ1n) is 5.62. The fourth-order valence-corrected chi connectivity index (χ4v) is 2.01. The van der Waals surface area contributed by atoms with Crippen LogP contribution in [0.1, 0.15) is 32.6 Å². The minimum atomic E-state index is 0.779. The molecule has 0 aromatic rings. The molecule has 1 aliphatic carbocycles. The van der Waals surface area contributed by atoms with Gasteiger partial charge in [-0.1, -0.05) is 13.3 Å². The third-order valence-electron chi connectivity index (χ3n) is 3.07. The van der Waals surface area contributed by atoms with Crippen LogP contribution >= 0.6 is 0 Å². The zero-order chi connectivity index (χ0) is 9.68. The smallest absolute Gasteiger partial charge is 0.0107 e. The van der Waals surface area contributed by atoms with Gasteiger partial charge in [0.15, 0.2) is 0 Å². The molecule has 0 heterocycles. The molecule has 13 heavy (non-hydrogen) atoms. The van der Waals surface area contributed by atoms with Crippen molar-refractivity contribution in [1.82, 2.24) is 10.2 Å². The largest absolute Gasteiger partial charge is 0.314 e. The fourth-order valence-electron chi connectivity index (χ4n) is 2.01. The number of hydrogen-bond donors (Lipinski definition) is 1. The van der Waals surface area contributed by atoms with Gasteiger partial charge in [0.05, 0.1) is 0 Å². The van der Waals surface area contributed by atoms with Crippen molar-refractivity contribution in [2.75, 3.05) is 27.2 Å². The Morgan fingerprint density at radius 3 is 2.46 bits per heavy atom. The lowest BCUT2D eigenvalue weighted by Gasteiger charge is -2.35. The van der Waals surface area contributed by atoms with Crippen LogP contribution in [-0.2, 0) is 0 Å². The van der Waals surface area contributed by atoms with Crippen molar-refractivity contribution in [1.29, 1.82) is 0 Å². The Morgan fingerprint density at radius 2 is 2.08 bits per heavy atom. The Bertz CT molecular complexity index is 130. The van der Waals surface area contributed by atoms with Crippen LogP contribution in [0.15, 0.2) is 0 Å². The number of hydrogen-bond acceptors (Lipinski definition) is 2. The molecule has 1 aliphatic rings. The van der Waals surface area contributed by atoms with E-state index < -0.39 is 0 Å². The third kappa shape index (κ3) is 3.65. The molecule has 2 heteroatoms. The van der Waals surface area contributed by atoms with Gasteiger partial charge >= 0.3 is 0 Å². The van der Waals surface area contributed by atoms with Crippen LogP contribution < -0.4 is 5.32 Å². The summed E-state index contributed by atoms with van der Waals surface area (Å²) in [5.74, 6) is 0.972. The van der Waals surface area contributed by atoms with Gasteiger partial charge in [0.25, 0.3) is 0 Å². The van der Waals surface area contributed by atoms with Gasteiger partial charge in [-0.2, -0.15) is 0 Å². The van der Waals surface area contributed by atoms with Crippen molar-refractivity contribution in [2.24, 2.45) is 5.92 Å². The predicted octanol–water partition coefficient (Wildman–Crippen LogP) is 1.72. The lowest BCUT2D eigenvalue weighted by molar-refractivity contribution is 0.208. The molecule has 1 unspecified atom stereocenters. The molecule has 0 amide bonds. The maximum Gasteiger partial charge on any atom is 0.0107 e. The van der Waals surface area contributed by atoms with Crippen LogP contribution in [0.3, 0.4) is 0 Å². The number of nitrogens with one attached hydrogen (secondary N) is 1. The quantitative estimate of drug-likeness (QED) is 0.676. The summed E-state index contributed by atoms with van der Waals surface area (Å²) in [6.07, 6.45) is 5.66. The molecule has 78 valence electrons. The van der Waals surface area contributed by atoms with E-state index in [9.17, 15) is 0 Å². The second-order valence-electron chi connectivity index (χ2n) is 4.45. The molecule has 1 N–H and O–H groups in total. The maximum atomic E-state index is 3.61.